The first-order chi connectivity index (χ1) is 15.0. The molecular formula is C21H28F3N3O5. The van der Waals surface area contributed by atoms with Crippen molar-refractivity contribution in [1.29, 1.82) is 0 Å². The zero-order valence-corrected chi connectivity index (χ0v) is 17.6. The third-order valence-electron chi connectivity index (χ3n) is 4.33. The molecule has 1 unspecified atom stereocenters. The number of carbonyl (C=O) groups is 3. The molecule has 2 amide bonds. The fourth-order valence-corrected chi connectivity index (χ4v) is 2.60. The van der Waals surface area contributed by atoms with Crippen LogP contribution in [-0.2, 0) is 25.5 Å². The third kappa shape index (κ3) is 11.5. The quantitative estimate of drug-likeness (QED) is 0.437. The minimum absolute atomic E-state index is 0.0681. The van der Waals surface area contributed by atoms with Crippen molar-refractivity contribution < 1.29 is 37.4 Å². The Morgan fingerprint density at radius 1 is 1.28 bits per heavy atom. The number of nitrogens with one attached hydrogen (secondary N) is 2. The number of hydrogen-bond donors (Lipinski definition) is 4. The topological polar surface area (TPSA) is 131 Å². The molecule has 1 aromatic rings. The van der Waals surface area contributed by atoms with Crippen LogP contribution in [0.15, 0.2) is 42.5 Å². The van der Waals surface area contributed by atoms with E-state index in [0.717, 1.165) is 12.8 Å². The zero-order chi connectivity index (χ0) is 24.1. The number of aliphatic carboxylic acids is 1. The Labute approximate surface area is 184 Å². The summed E-state index contributed by atoms with van der Waals surface area (Å²) >= 11 is 0. The predicted octanol–water partition coefficient (Wildman–Crippen LogP) is 1.55. The van der Waals surface area contributed by atoms with E-state index >= 15 is 0 Å². The van der Waals surface area contributed by atoms with Crippen LogP contribution in [0.2, 0.25) is 0 Å². The molecule has 178 valence electrons. The summed E-state index contributed by atoms with van der Waals surface area (Å²) in [7, 11) is 0. The number of hydrogen-bond acceptors (Lipinski definition) is 5. The van der Waals surface area contributed by atoms with E-state index in [9.17, 15) is 22.8 Å². The Hall–Kier alpha value is -2.92. The largest absolute Gasteiger partial charge is 0.490 e. The summed E-state index contributed by atoms with van der Waals surface area (Å²) in [5.41, 5.74) is 6.81. The van der Waals surface area contributed by atoms with E-state index in [-0.39, 0.29) is 23.9 Å². The number of alkyl halides is 3. The van der Waals surface area contributed by atoms with Crippen molar-refractivity contribution in [2.45, 2.75) is 50.5 Å². The molecule has 1 aliphatic rings. The minimum atomic E-state index is -5.08. The maximum Gasteiger partial charge on any atom is 0.490 e. The molecule has 0 radical (unpaired) electrons. The molecule has 1 fully saturated rings. The van der Waals surface area contributed by atoms with Crippen LogP contribution in [0.5, 0.6) is 0 Å². The summed E-state index contributed by atoms with van der Waals surface area (Å²) < 4.78 is 37.0. The lowest BCUT2D eigenvalue weighted by Crippen LogP contribution is -2.43. The summed E-state index contributed by atoms with van der Waals surface area (Å²) in [6.45, 7) is 2.87. The fraction of sp³-hybridized carbons (Fsp3) is 0.476. The van der Waals surface area contributed by atoms with Crippen LogP contribution in [0.25, 0.3) is 0 Å². The molecule has 1 aromatic carbocycles. The van der Waals surface area contributed by atoms with Crippen molar-refractivity contribution in [2.75, 3.05) is 13.2 Å². The Morgan fingerprint density at radius 2 is 1.91 bits per heavy atom. The maximum atomic E-state index is 12.0. The van der Waals surface area contributed by atoms with Crippen LogP contribution >= 0.6 is 0 Å². The summed E-state index contributed by atoms with van der Waals surface area (Å²) in [6, 6.07) is 9.26. The van der Waals surface area contributed by atoms with Gasteiger partial charge < -0.3 is 26.2 Å². The number of aryl methyl sites for hydroxylation is 1. The van der Waals surface area contributed by atoms with Gasteiger partial charge in [-0.1, -0.05) is 36.4 Å². The van der Waals surface area contributed by atoms with Crippen LogP contribution in [0.4, 0.5) is 13.2 Å². The standard InChI is InChI=1S/C19H27N3O3.C2HF3O2/c1-14(20)19(24)22-16(8-7-15-5-3-2-4-6-15)9-10-18(23)21-17-11-12-25-13-17;3-2(4,5)1(6)7/h2-6,9-10,14,16-17H,7-8,11-13,20H2,1H3,(H,21,23)(H,22,24);(H,6,7)/b10-9+;/t14-,16-,17?;/m0./s1. The van der Waals surface area contributed by atoms with Gasteiger partial charge in [0.15, 0.2) is 0 Å². The van der Waals surface area contributed by atoms with E-state index in [1.165, 1.54) is 11.6 Å². The molecule has 0 saturated carbocycles. The Balaban J connectivity index is 0.000000633. The number of nitrogens with two attached hydrogens (primary N) is 1. The summed E-state index contributed by atoms with van der Waals surface area (Å²) in [5, 5.41) is 12.9. The number of halogens is 3. The first-order valence-electron chi connectivity index (χ1n) is 9.95. The van der Waals surface area contributed by atoms with Crippen molar-refractivity contribution in [3.05, 3.63) is 48.0 Å². The van der Waals surface area contributed by atoms with Crippen LogP contribution in [-0.4, -0.2) is 60.4 Å². The second kappa shape index (κ2) is 13.5. The van der Waals surface area contributed by atoms with Crippen molar-refractivity contribution >= 4 is 17.8 Å². The van der Waals surface area contributed by atoms with Gasteiger partial charge in [0, 0.05) is 18.7 Å². The average molecular weight is 459 g/mol. The molecule has 1 saturated heterocycles. The number of carbonyl (C=O) groups excluding carboxylic acids is 2. The van der Waals surface area contributed by atoms with Gasteiger partial charge in [0.05, 0.1) is 18.7 Å². The van der Waals surface area contributed by atoms with Gasteiger partial charge in [-0.25, -0.2) is 4.79 Å². The van der Waals surface area contributed by atoms with Gasteiger partial charge in [-0.2, -0.15) is 13.2 Å². The molecular weight excluding hydrogens is 431 g/mol. The van der Waals surface area contributed by atoms with E-state index in [4.69, 9.17) is 20.4 Å². The molecule has 11 heteroatoms. The molecule has 0 bridgehead atoms. The van der Waals surface area contributed by atoms with Gasteiger partial charge in [0.2, 0.25) is 11.8 Å². The van der Waals surface area contributed by atoms with Gasteiger partial charge in [0.25, 0.3) is 0 Å². The smallest absolute Gasteiger partial charge is 0.475 e. The predicted molar refractivity (Wildman–Crippen MR) is 111 cm³/mol. The molecule has 1 heterocycles. The monoisotopic (exact) mass is 459 g/mol. The lowest BCUT2D eigenvalue weighted by Gasteiger charge is -2.17. The summed E-state index contributed by atoms with van der Waals surface area (Å²) in [4.78, 5) is 32.8. The molecule has 3 atom stereocenters. The highest BCUT2D eigenvalue weighted by Gasteiger charge is 2.38. The SMILES string of the molecule is C[C@H](N)C(=O)N[C@H](/C=C/C(=O)NC1CCOC1)CCc1ccccc1.O=C(O)C(F)(F)F. The normalized spacial score (nSPS) is 17.7. The highest BCUT2D eigenvalue weighted by atomic mass is 19.4. The molecule has 5 N–H and O–H groups in total. The van der Waals surface area contributed by atoms with Gasteiger partial charge in [0.1, 0.15) is 0 Å². The maximum absolute atomic E-state index is 12.0. The molecule has 0 aliphatic carbocycles. The highest BCUT2D eigenvalue weighted by Crippen LogP contribution is 2.13. The van der Waals surface area contributed by atoms with Gasteiger partial charge in [-0.3, -0.25) is 9.59 Å². The Bertz CT molecular complexity index is 764. The van der Waals surface area contributed by atoms with Crippen molar-refractivity contribution in [1.82, 2.24) is 10.6 Å². The van der Waals surface area contributed by atoms with Crippen molar-refractivity contribution in [3.8, 4) is 0 Å². The highest BCUT2D eigenvalue weighted by molar-refractivity contribution is 5.88. The summed E-state index contributed by atoms with van der Waals surface area (Å²) in [5.74, 6) is -3.16. The van der Waals surface area contributed by atoms with Crippen molar-refractivity contribution in [2.24, 2.45) is 5.73 Å². The lowest BCUT2D eigenvalue weighted by molar-refractivity contribution is -0.192. The van der Waals surface area contributed by atoms with E-state index in [0.29, 0.717) is 19.6 Å². The minimum Gasteiger partial charge on any atom is -0.475 e. The van der Waals surface area contributed by atoms with E-state index < -0.39 is 18.2 Å². The zero-order valence-electron chi connectivity index (χ0n) is 17.6. The molecule has 0 spiro atoms. The number of amides is 2. The second-order valence-corrected chi connectivity index (χ2v) is 7.16. The first kappa shape index (κ1) is 27.1. The van der Waals surface area contributed by atoms with Gasteiger partial charge >= 0.3 is 12.1 Å². The van der Waals surface area contributed by atoms with Crippen LogP contribution in [0, 0.1) is 0 Å². The Kier molecular flexibility index (Phi) is 11.4. The molecule has 8 nitrogen and oxygen atoms in total. The summed E-state index contributed by atoms with van der Waals surface area (Å²) in [6.07, 6.45) is 0.453. The van der Waals surface area contributed by atoms with Crippen LogP contribution < -0.4 is 16.4 Å². The third-order valence-corrected chi connectivity index (χ3v) is 4.33. The van der Waals surface area contributed by atoms with E-state index in [1.54, 1.807) is 13.0 Å². The van der Waals surface area contributed by atoms with E-state index in [2.05, 4.69) is 10.6 Å². The van der Waals surface area contributed by atoms with Crippen molar-refractivity contribution in [3.63, 3.8) is 0 Å². The molecule has 2 rings (SSSR count). The van der Waals surface area contributed by atoms with Gasteiger partial charge in [-0.15, -0.1) is 0 Å². The average Bonchev–Trinajstić information content (AvgIpc) is 3.23. The van der Waals surface area contributed by atoms with E-state index in [1.807, 2.05) is 30.3 Å². The number of carboxylic acid groups (broad SMARTS) is 1. The number of benzene rings is 1. The molecule has 32 heavy (non-hydrogen) atoms. The number of carboxylic acids is 1. The first-order valence-corrected chi connectivity index (χ1v) is 9.95. The second-order valence-electron chi connectivity index (χ2n) is 7.16. The van der Waals surface area contributed by atoms with Crippen LogP contribution in [0.1, 0.15) is 25.3 Å². The number of rotatable bonds is 8. The van der Waals surface area contributed by atoms with Crippen LogP contribution in [0.3, 0.4) is 0 Å². The lowest BCUT2D eigenvalue weighted by atomic mass is 10.0. The number of ether oxygens (including phenoxy) is 1. The van der Waals surface area contributed by atoms with Gasteiger partial charge in [-0.05, 0) is 31.7 Å². The Morgan fingerprint density at radius 3 is 2.41 bits per heavy atom. The molecule has 0 aromatic heterocycles. The fourth-order valence-electron chi connectivity index (χ4n) is 2.60. The molecule has 1 aliphatic heterocycles.